The molecular formula is C10H14O6. The third-order valence-electron chi connectivity index (χ3n) is 2.49. The summed E-state index contributed by atoms with van der Waals surface area (Å²) in [6.07, 6.45) is 0.165. The average Bonchev–Trinajstić information content (AvgIpc) is 2.30. The highest BCUT2D eigenvalue weighted by atomic mass is 16.6. The van der Waals surface area contributed by atoms with E-state index in [0.29, 0.717) is 6.42 Å². The Balaban J connectivity index is 2.35. The zero-order chi connectivity index (χ0) is 12.1. The molecule has 1 fully saturated rings. The molecule has 0 aromatic rings. The summed E-state index contributed by atoms with van der Waals surface area (Å²) in [6.45, 7) is 0. The first kappa shape index (κ1) is 12.5. The van der Waals surface area contributed by atoms with E-state index in [-0.39, 0.29) is 24.9 Å². The number of carbonyl (C=O) groups excluding carboxylic acids is 3. The van der Waals surface area contributed by atoms with E-state index >= 15 is 0 Å². The minimum absolute atomic E-state index is 0.00116. The van der Waals surface area contributed by atoms with Gasteiger partial charge in [0.25, 0.3) is 0 Å². The van der Waals surface area contributed by atoms with E-state index in [4.69, 9.17) is 4.74 Å². The molecule has 90 valence electrons. The summed E-state index contributed by atoms with van der Waals surface area (Å²) in [5.74, 6) is -1.72. The molecule has 0 radical (unpaired) electrons. The fourth-order valence-corrected chi connectivity index (χ4v) is 1.50. The first-order chi connectivity index (χ1) is 7.58. The fourth-order valence-electron chi connectivity index (χ4n) is 1.50. The van der Waals surface area contributed by atoms with Gasteiger partial charge in [0, 0.05) is 6.42 Å². The molecule has 2 atom stereocenters. The zero-order valence-corrected chi connectivity index (χ0v) is 9.23. The second-order valence-electron chi connectivity index (χ2n) is 3.48. The smallest absolute Gasteiger partial charge is 0.313 e. The minimum Gasteiger partial charge on any atom is -0.469 e. The monoisotopic (exact) mass is 230 g/mol. The van der Waals surface area contributed by atoms with Crippen LogP contribution >= 0.6 is 0 Å². The molecule has 0 bridgehead atoms. The topological polar surface area (TPSA) is 78.9 Å². The number of rotatable bonds is 5. The highest BCUT2D eigenvalue weighted by Gasteiger charge is 2.43. The Morgan fingerprint density at radius 3 is 2.38 bits per heavy atom. The maximum Gasteiger partial charge on any atom is 0.313 e. The van der Waals surface area contributed by atoms with Gasteiger partial charge in [0.15, 0.2) is 0 Å². The number of ether oxygens (including phenoxy) is 3. The average molecular weight is 230 g/mol. The van der Waals surface area contributed by atoms with Crippen molar-refractivity contribution in [3.05, 3.63) is 0 Å². The summed E-state index contributed by atoms with van der Waals surface area (Å²) in [7, 11) is 2.55. The van der Waals surface area contributed by atoms with Gasteiger partial charge >= 0.3 is 17.9 Å². The lowest BCUT2D eigenvalue weighted by Crippen LogP contribution is -2.46. The molecule has 0 amide bonds. The summed E-state index contributed by atoms with van der Waals surface area (Å²) in [5.41, 5.74) is 0. The molecule has 0 saturated carbocycles. The second kappa shape index (κ2) is 5.48. The van der Waals surface area contributed by atoms with Crippen molar-refractivity contribution in [3.8, 4) is 0 Å². The number of hydrogen-bond acceptors (Lipinski definition) is 6. The number of methoxy groups -OCH3 is 2. The molecule has 6 nitrogen and oxygen atoms in total. The molecule has 1 aliphatic rings. The summed E-state index contributed by atoms with van der Waals surface area (Å²) >= 11 is 0. The lowest BCUT2D eigenvalue weighted by atomic mass is 9.90. The van der Waals surface area contributed by atoms with Crippen molar-refractivity contribution in [1.82, 2.24) is 0 Å². The standard InChI is InChI=1S/C10H14O6/c1-14-8(11)4-3-7-6(10(13)16-7)5-9(12)15-2/h6-7H,3-5H2,1-2H3/t6-,7+/m0/s1. The molecule has 1 saturated heterocycles. The van der Waals surface area contributed by atoms with Crippen LogP contribution in [0.3, 0.4) is 0 Å². The first-order valence-corrected chi connectivity index (χ1v) is 4.92. The Morgan fingerprint density at radius 2 is 1.88 bits per heavy atom. The molecule has 0 unspecified atom stereocenters. The summed E-state index contributed by atoms with van der Waals surface area (Å²) in [6, 6.07) is 0. The molecule has 6 heteroatoms. The third-order valence-corrected chi connectivity index (χ3v) is 2.49. The summed E-state index contributed by atoms with van der Waals surface area (Å²) < 4.78 is 13.8. The molecule has 0 spiro atoms. The molecule has 0 aromatic carbocycles. The van der Waals surface area contributed by atoms with E-state index in [9.17, 15) is 14.4 Å². The van der Waals surface area contributed by atoms with E-state index in [0.717, 1.165) is 0 Å². The molecule has 0 aromatic heterocycles. The number of cyclic esters (lactones) is 1. The van der Waals surface area contributed by atoms with Gasteiger partial charge < -0.3 is 14.2 Å². The lowest BCUT2D eigenvalue weighted by Gasteiger charge is -2.34. The van der Waals surface area contributed by atoms with Gasteiger partial charge in [0.1, 0.15) is 12.0 Å². The van der Waals surface area contributed by atoms with Crippen LogP contribution in [0.25, 0.3) is 0 Å². The van der Waals surface area contributed by atoms with Gasteiger partial charge in [-0.3, -0.25) is 14.4 Å². The van der Waals surface area contributed by atoms with E-state index in [1.165, 1.54) is 14.2 Å². The number of hydrogen-bond donors (Lipinski definition) is 0. The molecule has 0 aliphatic carbocycles. The van der Waals surface area contributed by atoms with E-state index in [1.54, 1.807) is 0 Å². The van der Waals surface area contributed by atoms with Crippen LogP contribution in [0.2, 0.25) is 0 Å². The predicted octanol–water partition coefficient (Wildman–Crippen LogP) is 0.0443. The van der Waals surface area contributed by atoms with Crippen molar-refractivity contribution in [2.24, 2.45) is 5.92 Å². The maximum atomic E-state index is 11.1. The molecule has 1 rings (SSSR count). The van der Waals surface area contributed by atoms with Gasteiger partial charge in [0.05, 0.1) is 20.6 Å². The molecule has 0 N–H and O–H groups in total. The van der Waals surface area contributed by atoms with E-state index in [2.05, 4.69) is 9.47 Å². The van der Waals surface area contributed by atoms with Gasteiger partial charge in [0.2, 0.25) is 0 Å². The molecular weight excluding hydrogens is 216 g/mol. The van der Waals surface area contributed by atoms with Crippen LogP contribution in [0.5, 0.6) is 0 Å². The zero-order valence-electron chi connectivity index (χ0n) is 9.23. The molecule has 16 heavy (non-hydrogen) atoms. The van der Waals surface area contributed by atoms with Crippen LogP contribution in [-0.4, -0.2) is 38.2 Å². The minimum atomic E-state index is -0.489. The van der Waals surface area contributed by atoms with Crippen molar-refractivity contribution in [3.63, 3.8) is 0 Å². The van der Waals surface area contributed by atoms with Crippen LogP contribution < -0.4 is 0 Å². The Bertz CT molecular complexity index is 298. The van der Waals surface area contributed by atoms with Gasteiger partial charge in [-0.25, -0.2) is 0 Å². The van der Waals surface area contributed by atoms with E-state index in [1.807, 2.05) is 0 Å². The van der Waals surface area contributed by atoms with Crippen LogP contribution in [0.1, 0.15) is 19.3 Å². The van der Waals surface area contributed by atoms with Gasteiger partial charge in [-0.15, -0.1) is 0 Å². The Morgan fingerprint density at radius 1 is 1.25 bits per heavy atom. The first-order valence-electron chi connectivity index (χ1n) is 4.92. The predicted molar refractivity (Wildman–Crippen MR) is 51.3 cm³/mol. The fraction of sp³-hybridized carbons (Fsp3) is 0.700. The lowest BCUT2D eigenvalue weighted by molar-refractivity contribution is -0.189. The molecule has 1 aliphatic heterocycles. The Hall–Kier alpha value is -1.59. The Kier molecular flexibility index (Phi) is 4.28. The van der Waals surface area contributed by atoms with Crippen LogP contribution in [0.4, 0.5) is 0 Å². The summed E-state index contributed by atoms with van der Waals surface area (Å²) in [4.78, 5) is 32.9. The van der Waals surface area contributed by atoms with Crippen molar-refractivity contribution in [2.75, 3.05) is 14.2 Å². The highest BCUT2D eigenvalue weighted by Crippen LogP contribution is 2.29. The number of esters is 3. The summed E-state index contributed by atoms with van der Waals surface area (Å²) in [5, 5.41) is 0. The van der Waals surface area contributed by atoms with Gasteiger partial charge in [-0.1, -0.05) is 0 Å². The van der Waals surface area contributed by atoms with Crippen molar-refractivity contribution < 1.29 is 28.6 Å². The van der Waals surface area contributed by atoms with Crippen LogP contribution in [0.15, 0.2) is 0 Å². The second-order valence-corrected chi connectivity index (χ2v) is 3.48. The quantitative estimate of drug-likeness (QED) is 0.490. The normalized spacial score (nSPS) is 23.0. The Labute approximate surface area is 92.8 Å². The molecule has 1 heterocycles. The van der Waals surface area contributed by atoms with Gasteiger partial charge in [-0.2, -0.15) is 0 Å². The van der Waals surface area contributed by atoms with Gasteiger partial charge in [-0.05, 0) is 6.42 Å². The van der Waals surface area contributed by atoms with E-state index < -0.39 is 17.9 Å². The largest absolute Gasteiger partial charge is 0.469 e. The van der Waals surface area contributed by atoms with Crippen LogP contribution in [-0.2, 0) is 28.6 Å². The maximum absolute atomic E-state index is 11.1. The third kappa shape index (κ3) is 2.95. The highest BCUT2D eigenvalue weighted by molar-refractivity contribution is 5.84. The van der Waals surface area contributed by atoms with Crippen LogP contribution in [0, 0.1) is 5.92 Å². The number of carbonyl (C=O) groups is 3. The SMILES string of the molecule is COC(=O)CC[C@H]1OC(=O)[C@H]1CC(=O)OC. The van der Waals surface area contributed by atoms with Crippen molar-refractivity contribution >= 4 is 17.9 Å². The van der Waals surface area contributed by atoms with Crippen molar-refractivity contribution in [2.45, 2.75) is 25.4 Å². The van der Waals surface area contributed by atoms with Crippen molar-refractivity contribution in [1.29, 1.82) is 0 Å².